The van der Waals surface area contributed by atoms with Crippen LogP contribution in [-0.2, 0) is 13.2 Å². The summed E-state index contributed by atoms with van der Waals surface area (Å²) in [7, 11) is 1.68. The van der Waals surface area contributed by atoms with Gasteiger partial charge in [0.05, 0.1) is 7.11 Å². The Hall–Kier alpha value is -2.00. The SMILES string of the molecule is CCCNCc1cccc(OC)c1OCc1cccc(C)c1. The lowest BCUT2D eigenvalue weighted by Gasteiger charge is -2.15. The molecule has 0 fully saturated rings. The molecule has 0 amide bonds. The van der Waals surface area contributed by atoms with Gasteiger partial charge in [-0.1, -0.05) is 48.9 Å². The van der Waals surface area contributed by atoms with Crippen LogP contribution in [0.2, 0.25) is 0 Å². The smallest absolute Gasteiger partial charge is 0.166 e. The van der Waals surface area contributed by atoms with Crippen LogP contribution in [0, 0.1) is 6.92 Å². The summed E-state index contributed by atoms with van der Waals surface area (Å²) < 4.78 is 11.5. The number of para-hydroxylation sites is 1. The molecule has 2 aromatic carbocycles. The van der Waals surface area contributed by atoms with E-state index < -0.39 is 0 Å². The quantitative estimate of drug-likeness (QED) is 0.745. The van der Waals surface area contributed by atoms with Crippen LogP contribution in [-0.4, -0.2) is 13.7 Å². The number of aryl methyl sites for hydroxylation is 1. The summed E-state index contributed by atoms with van der Waals surface area (Å²) in [5, 5.41) is 3.41. The molecular formula is C19H25NO2. The van der Waals surface area contributed by atoms with E-state index in [-0.39, 0.29) is 0 Å². The molecule has 2 rings (SSSR count). The van der Waals surface area contributed by atoms with Gasteiger partial charge in [-0.05, 0) is 31.5 Å². The first-order valence-corrected chi connectivity index (χ1v) is 7.79. The van der Waals surface area contributed by atoms with Crippen LogP contribution in [0.1, 0.15) is 30.0 Å². The predicted octanol–water partition coefficient (Wildman–Crippen LogP) is 4.08. The van der Waals surface area contributed by atoms with Crippen molar-refractivity contribution in [3.63, 3.8) is 0 Å². The summed E-state index contributed by atoms with van der Waals surface area (Å²) in [5.41, 5.74) is 3.53. The van der Waals surface area contributed by atoms with Gasteiger partial charge in [-0.2, -0.15) is 0 Å². The van der Waals surface area contributed by atoms with Crippen molar-refractivity contribution in [2.24, 2.45) is 0 Å². The van der Waals surface area contributed by atoms with E-state index in [1.54, 1.807) is 7.11 Å². The fourth-order valence-electron chi connectivity index (χ4n) is 2.38. The minimum absolute atomic E-state index is 0.544. The van der Waals surface area contributed by atoms with Crippen LogP contribution in [0.25, 0.3) is 0 Å². The molecule has 0 unspecified atom stereocenters. The van der Waals surface area contributed by atoms with Gasteiger partial charge in [0, 0.05) is 12.1 Å². The maximum absolute atomic E-state index is 6.07. The highest BCUT2D eigenvalue weighted by Gasteiger charge is 2.10. The van der Waals surface area contributed by atoms with Gasteiger partial charge in [0.1, 0.15) is 6.61 Å². The standard InChI is InChI=1S/C19H25NO2/c1-4-11-20-13-17-9-6-10-18(21-3)19(17)22-14-16-8-5-7-15(2)12-16/h5-10,12,20H,4,11,13-14H2,1-3H3. The van der Waals surface area contributed by atoms with Crippen LogP contribution in [0.5, 0.6) is 11.5 Å². The molecule has 0 aromatic heterocycles. The molecular weight excluding hydrogens is 274 g/mol. The number of benzene rings is 2. The van der Waals surface area contributed by atoms with Gasteiger partial charge in [0.25, 0.3) is 0 Å². The molecule has 2 aromatic rings. The van der Waals surface area contributed by atoms with Crippen LogP contribution in [0.3, 0.4) is 0 Å². The van der Waals surface area contributed by atoms with Gasteiger partial charge in [-0.15, -0.1) is 0 Å². The third-order valence-electron chi connectivity index (χ3n) is 3.49. The second-order valence-electron chi connectivity index (χ2n) is 5.40. The molecule has 0 saturated heterocycles. The van der Waals surface area contributed by atoms with Crippen molar-refractivity contribution in [3.8, 4) is 11.5 Å². The van der Waals surface area contributed by atoms with Gasteiger partial charge in [0.15, 0.2) is 11.5 Å². The van der Waals surface area contributed by atoms with Crippen LogP contribution in [0.4, 0.5) is 0 Å². The number of hydrogen-bond donors (Lipinski definition) is 1. The summed E-state index contributed by atoms with van der Waals surface area (Å²) in [5.74, 6) is 1.61. The van der Waals surface area contributed by atoms with Crippen molar-refractivity contribution in [2.75, 3.05) is 13.7 Å². The minimum Gasteiger partial charge on any atom is -0.493 e. The lowest BCUT2D eigenvalue weighted by Crippen LogP contribution is -2.15. The summed E-state index contributed by atoms with van der Waals surface area (Å²) in [6, 6.07) is 14.4. The Morgan fingerprint density at radius 1 is 1.09 bits per heavy atom. The highest BCUT2D eigenvalue weighted by atomic mass is 16.5. The monoisotopic (exact) mass is 299 g/mol. The second-order valence-corrected chi connectivity index (χ2v) is 5.40. The molecule has 0 radical (unpaired) electrons. The molecule has 0 atom stereocenters. The van der Waals surface area contributed by atoms with E-state index >= 15 is 0 Å². The molecule has 22 heavy (non-hydrogen) atoms. The Bertz CT molecular complexity index is 596. The van der Waals surface area contributed by atoms with Crippen LogP contribution in [0.15, 0.2) is 42.5 Å². The molecule has 3 heteroatoms. The lowest BCUT2D eigenvalue weighted by atomic mass is 10.1. The van der Waals surface area contributed by atoms with E-state index in [2.05, 4.69) is 49.5 Å². The van der Waals surface area contributed by atoms with E-state index in [0.29, 0.717) is 6.61 Å². The molecule has 0 aliphatic rings. The van der Waals surface area contributed by atoms with Crippen molar-refractivity contribution in [3.05, 3.63) is 59.2 Å². The van der Waals surface area contributed by atoms with E-state index in [9.17, 15) is 0 Å². The van der Waals surface area contributed by atoms with Gasteiger partial charge in [-0.25, -0.2) is 0 Å². The summed E-state index contributed by atoms with van der Waals surface area (Å²) in [6.07, 6.45) is 1.11. The topological polar surface area (TPSA) is 30.5 Å². The zero-order valence-corrected chi connectivity index (χ0v) is 13.7. The van der Waals surface area contributed by atoms with Crippen molar-refractivity contribution in [1.82, 2.24) is 5.32 Å². The van der Waals surface area contributed by atoms with Crippen molar-refractivity contribution in [2.45, 2.75) is 33.4 Å². The molecule has 0 aliphatic heterocycles. The number of hydrogen-bond acceptors (Lipinski definition) is 3. The average Bonchev–Trinajstić information content (AvgIpc) is 2.53. The van der Waals surface area contributed by atoms with E-state index in [4.69, 9.17) is 9.47 Å². The van der Waals surface area contributed by atoms with Crippen molar-refractivity contribution < 1.29 is 9.47 Å². The first-order valence-electron chi connectivity index (χ1n) is 7.79. The Morgan fingerprint density at radius 3 is 2.64 bits per heavy atom. The highest BCUT2D eigenvalue weighted by molar-refractivity contribution is 5.46. The Labute approximate surface area is 133 Å². The molecule has 118 valence electrons. The second kappa shape index (κ2) is 8.44. The molecule has 0 aliphatic carbocycles. The third-order valence-corrected chi connectivity index (χ3v) is 3.49. The van der Waals surface area contributed by atoms with Gasteiger partial charge < -0.3 is 14.8 Å². The molecule has 0 bridgehead atoms. The van der Waals surface area contributed by atoms with Crippen LogP contribution < -0.4 is 14.8 Å². The Balaban J connectivity index is 2.13. The average molecular weight is 299 g/mol. The maximum Gasteiger partial charge on any atom is 0.166 e. The molecule has 0 saturated carbocycles. The third kappa shape index (κ3) is 4.50. The lowest BCUT2D eigenvalue weighted by molar-refractivity contribution is 0.280. The summed E-state index contributed by atoms with van der Waals surface area (Å²) in [4.78, 5) is 0. The first-order chi connectivity index (χ1) is 10.7. The minimum atomic E-state index is 0.544. The summed E-state index contributed by atoms with van der Waals surface area (Å²) in [6.45, 7) is 6.58. The zero-order chi connectivity index (χ0) is 15.8. The van der Waals surface area contributed by atoms with Gasteiger partial charge in [-0.3, -0.25) is 0 Å². The first kappa shape index (κ1) is 16.4. The summed E-state index contributed by atoms with van der Waals surface area (Å²) >= 11 is 0. The largest absolute Gasteiger partial charge is 0.493 e. The van der Waals surface area contributed by atoms with E-state index in [0.717, 1.165) is 36.6 Å². The number of methoxy groups -OCH3 is 1. The van der Waals surface area contributed by atoms with Gasteiger partial charge in [0.2, 0.25) is 0 Å². The molecule has 1 N–H and O–H groups in total. The Kier molecular flexibility index (Phi) is 6.28. The fraction of sp³-hybridized carbons (Fsp3) is 0.368. The highest BCUT2D eigenvalue weighted by Crippen LogP contribution is 2.31. The fourth-order valence-corrected chi connectivity index (χ4v) is 2.38. The van der Waals surface area contributed by atoms with E-state index in [1.807, 2.05) is 12.1 Å². The normalized spacial score (nSPS) is 10.5. The maximum atomic E-state index is 6.07. The van der Waals surface area contributed by atoms with E-state index in [1.165, 1.54) is 11.1 Å². The Morgan fingerprint density at radius 2 is 1.91 bits per heavy atom. The number of ether oxygens (including phenoxy) is 2. The van der Waals surface area contributed by atoms with Crippen LogP contribution >= 0.6 is 0 Å². The molecule has 3 nitrogen and oxygen atoms in total. The predicted molar refractivity (Wildman–Crippen MR) is 90.5 cm³/mol. The van der Waals surface area contributed by atoms with Crippen molar-refractivity contribution >= 4 is 0 Å². The number of nitrogens with one attached hydrogen (secondary N) is 1. The molecule has 0 spiro atoms. The van der Waals surface area contributed by atoms with Crippen molar-refractivity contribution in [1.29, 1.82) is 0 Å². The number of rotatable bonds is 8. The molecule has 0 heterocycles. The zero-order valence-electron chi connectivity index (χ0n) is 13.7. The van der Waals surface area contributed by atoms with Gasteiger partial charge >= 0.3 is 0 Å².